The summed E-state index contributed by atoms with van der Waals surface area (Å²) in [5.74, 6) is 2.15. The fourth-order valence-electron chi connectivity index (χ4n) is 3.37. The van der Waals surface area contributed by atoms with Gasteiger partial charge in [-0.3, -0.25) is 9.89 Å². The van der Waals surface area contributed by atoms with E-state index in [-0.39, 0.29) is 24.0 Å². The number of guanidine groups is 1. The van der Waals surface area contributed by atoms with Crippen LogP contribution in [0.15, 0.2) is 39.8 Å². The van der Waals surface area contributed by atoms with Crippen LogP contribution in [-0.2, 0) is 13.1 Å². The number of hydrogen-bond donors (Lipinski definition) is 1. The topological polar surface area (TPSA) is 56.9 Å². The number of hydrogen-bond acceptors (Lipinski definition) is 4. The van der Waals surface area contributed by atoms with Gasteiger partial charge in [0.05, 0.1) is 12.2 Å². The van der Waals surface area contributed by atoms with E-state index in [0.717, 1.165) is 50.1 Å². The van der Waals surface area contributed by atoms with Gasteiger partial charge in [-0.1, -0.05) is 48.8 Å². The summed E-state index contributed by atoms with van der Waals surface area (Å²) in [4.78, 5) is 9.26. The van der Waals surface area contributed by atoms with E-state index >= 15 is 0 Å². The Kier molecular flexibility index (Phi) is 8.75. The molecule has 1 saturated heterocycles. The van der Waals surface area contributed by atoms with Gasteiger partial charge in [0.15, 0.2) is 11.7 Å². The molecule has 0 atom stereocenters. The second-order valence-electron chi connectivity index (χ2n) is 7.53. The normalized spacial score (nSPS) is 15.6. The van der Waals surface area contributed by atoms with Crippen LogP contribution in [0.3, 0.4) is 0 Å². The molecule has 2 heterocycles. The summed E-state index contributed by atoms with van der Waals surface area (Å²) in [6.07, 6.45) is 0. The number of piperazine rings is 1. The van der Waals surface area contributed by atoms with E-state index in [0.29, 0.717) is 12.5 Å². The van der Waals surface area contributed by atoms with Crippen molar-refractivity contribution in [2.45, 2.75) is 39.8 Å². The molecule has 7 heteroatoms. The Labute approximate surface area is 185 Å². The molecular weight excluding hydrogens is 465 g/mol. The van der Waals surface area contributed by atoms with Gasteiger partial charge >= 0.3 is 0 Å². The molecule has 1 aromatic carbocycles. The third kappa shape index (κ3) is 6.20. The van der Waals surface area contributed by atoms with Gasteiger partial charge in [0.25, 0.3) is 0 Å². The summed E-state index contributed by atoms with van der Waals surface area (Å²) < 4.78 is 5.41. The average Bonchev–Trinajstić information content (AvgIpc) is 3.13. The first-order valence-electron chi connectivity index (χ1n) is 9.74. The van der Waals surface area contributed by atoms with E-state index in [1.807, 2.05) is 13.1 Å². The van der Waals surface area contributed by atoms with Crippen LogP contribution in [0.25, 0.3) is 0 Å². The summed E-state index contributed by atoms with van der Waals surface area (Å²) in [7, 11) is 1.83. The maximum atomic E-state index is 5.41. The van der Waals surface area contributed by atoms with Gasteiger partial charge in [0.2, 0.25) is 0 Å². The Balaban J connectivity index is 0.00000280. The number of nitrogens with zero attached hydrogens (tertiary/aromatic N) is 4. The van der Waals surface area contributed by atoms with Crippen molar-refractivity contribution in [1.29, 1.82) is 0 Å². The fraction of sp³-hybridized carbons (Fsp3) is 0.524. The van der Waals surface area contributed by atoms with E-state index in [1.165, 1.54) is 11.1 Å². The Bertz CT molecular complexity index is 766. The number of halogens is 1. The SMILES string of the molecule is CN=C(NCc1cc(C(C)C)no1)N1CCN(Cc2cccc(C)c2)CC1.I. The van der Waals surface area contributed by atoms with Crippen LogP contribution in [0.2, 0.25) is 0 Å². The quantitative estimate of drug-likeness (QED) is 0.389. The average molecular weight is 497 g/mol. The molecule has 6 nitrogen and oxygen atoms in total. The zero-order chi connectivity index (χ0) is 19.2. The van der Waals surface area contributed by atoms with Crippen LogP contribution in [-0.4, -0.2) is 54.1 Å². The minimum absolute atomic E-state index is 0. The van der Waals surface area contributed by atoms with Crippen molar-refractivity contribution in [3.05, 3.63) is 52.9 Å². The lowest BCUT2D eigenvalue weighted by atomic mass is 10.1. The van der Waals surface area contributed by atoms with Gasteiger partial charge in [0, 0.05) is 45.8 Å². The molecule has 154 valence electrons. The molecule has 0 unspecified atom stereocenters. The van der Waals surface area contributed by atoms with Crippen molar-refractivity contribution in [2.24, 2.45) is 4.99 Å². The maximum Gasteiger partial charge on any atom is 0.194 e. The van der Waals surface area contributed by atoms with E-state index in [1.54, 1.807) is 0 Å². The smallest absolute Gasteiger partial charge is 0.194 e. The number of aliphatic imine (C=N–C) groups is 1. The number of aryl methyl sites for hydroxylation is 1. The molecule has 2 aromatic rings. The molecule has 0 radical (unpaired) electrons. The minimum atomic E-state index is 0. The highest BCUT2D eigenvalue weighted by molar-refractivity contribution is 14.0. The molecule has 0 amide bonds. The van der Waals surface area contributed by atoms with Crippen LogP contribution in [0.4, 0.5) is 0 Å². The molecule has 0 spiro atoms. The van der Waals surface area contributed by atoms with Crippen molar-refractivity contribution < 1.29 is 4.52 Å². The summed E-state index contributed by atoms with van der Waals surface area (Å²) in [5, 5.41) is 7.52. The van der Waals surface area contributed by atoms with Crippen molar-refractivity contribution >= 4 is 29.9 Å². The van der Waals surface area contributed by atoms with E-state index in [4.69, 9.17) is 4.52 Å². The maximum absolute atomic E-state index is 5.41. The molecule has 3 rings (SSSR count). The largest absolute Gasteiger partial charge is 0.359 e. The van der Waals surface area contributed by atoms with Gasteiger partial charge < -0.3 is 14.7 Å². The van der Waals surface area contributed by atoms with Crippen LogP contribution >= 0.6 is 24.0 Å². The molecule has 1 aromatic heterocycles. The van der Waals surface area contributed by atoms with Crippen molar-refractivity contribution in [2.75, 3.05) is 33.2 Å². The molecule has 0 saturated carbocycles. The Morgan fingerprint density at radius 3 is 2.57 bits per heavy atom. The van der Waals surface area contributed by atoms with Crippen LogP contribution < -0.4 is 5.32 Å². The van der Waals surface area contributed by atoms with Crippen molar-refractivity contribution in [3.63, 3.8) is 0 Å². The summed E-state index contributed by atoms with van der Waals surface area (Å²) in [6, 6.07) is 10.8. The summed E-state index contributed by atoms with van der Waals surface area (Å²) >= 11 is 0. The van der Waals surface area contributed by atoms with Crippen LogP contribution in [0.5, 0.6) is 0 Å². The zero-order valence-electron chi connectivity index (χ0n) is 17.3. The standard InChI is InChI=1S/C21H31N5O.HI/c1-16(2)20-13-19(27-24-20)14-23-21(22-4)26-10-8-25(9-11-26)15-18-7-5-6-17(3)12-18;/h5-7,12-13,16H,8-11,14-15H2,1-4H3,(H,22,23);1H. The Hall–Kier alpha value is -1.61. The van der Waals surface area contributed by atoms with Gasteiger partial charge in [-0.25, -0.2) is 0 Å². The van der Waals surface area contributed by atoms with Crippen molar-refractivity contribution in [1.82, 2.24) is 20.3 Å². The lowest BCUT2D eigenvalue weighted by molar-refractivity contribution is 0.172. The minimum Gasteiger partial charge on any atom is -0.359 e. The lowest BCUT2D eigenvalue weighted by Gasteiger charge is -2.36. The summed E-state index contributed by atoms with van der Waals surface area (Å²) in [6.45, 7) is 12.0. The van der Waals surface area contributed by atoms with E-state index < -0.39 is 0 Å². The highest BCUT2D eigenvalue weighted by Gasteiger charge is 2.20. The predicted molar refractivity (Wildman–Crippen MR) is 124 cm³/mol. The van der Waals surface area contributed by atoms with E-state index in [2.05, 4.69) is 70.3 Å². The number of nitrogens with one attached hydrogen (secondary N) is 1. The van der Waals surface area contributed by atoms with E-state index in [9.17, 15) is 0 Å². The van der Waals surface area contributed by atoms with Gasteiger partial charge in [-0.15, -0.1) is 24.0 Å². The second kappa shape index (κ2) is 10.8. The number of rotatable bonds is 5. The summed E-state index contributed by atoms with van der Waals surface area (Å²) in [5.41, 5.74) is 3.70. The predicted octanol–water partition coefficient (Wildman–Crippen LogP) is 3.62. The van der Waals surface area contributed by atoms with Gasteiger partial charge in [-0.05, 0) is 18.4 Å². The first-order chi connectivity index (χ1) is 13.0. The molecule has 1 fully saturated rings. The Morgan fingerprint density at radius 2 is 1.96 bits per heavy atom. The Morgan fingerprint density at radius 1 is 1.21 bits per heavy atom. The second-order valence-corrected chi connectivity index (χ2v) is 7.53. The lowest BCUT2D eigenvalue weighted by Crippen LogP contribution is -2.52. The van der Waals surface area contributed by atoms with Crippen LogP contribution in [0, 0.1) is 6.92 Å². The third-order valence-electron chi connectivity index (χ3n) is 4.96. The molecule has 1 aliphatic heterocycles. The first-order valence-corrected chi connectivity index (χ1v) is 9.74. The third-order valence-corrected chi connectivity index (χ3v) is 4.96. The zero-order valence-corrected chi connectivity index (χ0v) is 19.6. The van der Waals surface area contributed by atoms with Crippen LogP contribution in [0.1, 0.15) is 42.3 Å². The molecule has 1 N–H and O–H groups in total. The first kappa shape index (κ1) is 22.7. The number of benzene rings is 1. The van der Waals surface area contributed by atoms with Gasteiger partial charge in [0.1, 0.15) is 0 Å². The fourth-order valence-corrected chi connectivity index (χ4v) is 3.37. The highest BCUT2D eigenvalue weighted by Crippen LogP contribution is 2.14. The molecule has 0 bridgehead atoms. The molecule has 28 heavy (non-hydrogen) atoms. The molecule has 0 aliphatic carbocycles. The van der Waals surface area contributed by atoms with Crippen molar-refractivity contribution in [3.8, 4) is 0 Å². The monoisotopic (exact) mass is 497 g/mol. The molecular formula is C21H32IN5O. The highest BCUT2D eigenvalue weighted by atomic mass is 127. The number of aromatic nitrogens is 1. The van der Waals surface area contributed by atoms with Gasteiger partial charge in [-0.2, -0.15) is 0 Å². The molecule has 1 aliphatic rings.